The Morgan fingerprint density at radius 1 is 1.45 bits per heavy atom. The number of carboxylic acids is 1. The highest BCUT2D eigenvalue weighted by atomic mass is 16.6. The topological polar surface area (TPSA) is 105 Å². The fraction of sp³-hybridized carbons (Fsp3) is 0.538. The highest BCUT2D eigenvalue weighted by Gasteiger charge is 2.40. The Kier molecular flexibility index (Phi) is 3.04. The minimum atomic E-state index is -1.22. The van der Waals surface area contributed by atoms with Crippen molar-refractivity contribution >= 4 is 17.5 Å². The van der Waals surface area contributed by atoms with Gasteiger partial charge in [0.05, 0.1) is 10.5 Å². The van der Waals surface area contributed by atoms with E-state index in [0.29, 0.717) is 5.92 Å². The average Bonchev–Trinajstić information content (AvgIpc) is 3.01. The number of hydrogen-bond donors (Lipinski definition) is 2. The van der Waals surface area contributed by atoms with Crippen LogP contribution in [0.15, 0.2) is 12.3 Å². The lowest BCUT2D eigenvalue weighted by atomic mass is 9.95. The van der Waals surface area contributed by atoms with E-state index < -0.39 is 10.9 Å². The first-order valence-corrected chi connectivity index (χ1v) is 6.69. The Morgan fingerprint density at radius 2 is 2.25 bits per heavy atom. The summed E-state index contributed by atoms with van der Waals surface area (Å²) in [5, 5.41) is 23.1. The summed E-state index contributed by atoms with van der Waals surface area (Å²) in [6.45, 7) is 0. The van der Waals surface area contributed by atoms with Gasteiger partial charge in [0.15, 0.2) is 0 Å². The summed E-state index contributed by atoms with van der Waals surface area (Å²) >= 11 is 0. The molecule has 3 unspecified atom stereocenters. The van der Waals surface area contributed by atoms with Gasteiger partial charge in [-0.05, 0) is 31.1 Å². The lowest BCUT2D eigenvalue weighted by Crippen LogP contribution is -2.26. The van der Waals surface area contributed by atoms with E-state index in [-0.39, 0.29) is 23.1 Å². The predicted octanol–water partition coefficient (Wildman–Crippen LogP) is 2.29. The molecule has 2 aliphatic rings. The molecule has 1 aromatic rings. The van der Waals surface area contributed by atoms with Gasteiger partial charge < -0.3 is 10.4 Å². The van der Waals surface area contributed by atoms with E-state index in [1.165, 1.54) is 12.8 Å². The fourth-order valence-corrected chi connectivity index (χ4v) is 3.42. The first kappa shape index (κ1) is 12.8. The molecular weight excluding hydrogens is 262 g/mol. The van der Waals surface area contributed by atoms with E-state index in [1.807, 2.05) is 0 Å². The number of pyridine rings is 1. The number of anilines is 1. The number of rotatable bonds is 4. The largest absolute Gasteiger partial charge is 0.478 e. The van der Waals surface area contributed by atoms with E-state index in [1.54, 1.807) is 0 Å². The SMILES string of the molecule is O=C(O)c1cnc(NC2CC3CCC2C3)c([N+](=O)[O-])c1. The van der Waals surface area contributed by atoms with Crippen molar-refractivity contribution in [1.29, 1.82) is 0 Å². The van der Waals surface area contributed by atoms with Crippen LogP contribution in [0.3, 0.4) is 0 Å². The summed E-state index contributed by atoms with van der Waals surface area (Å²) in [7, 11) is 0. The quantitative estimate of drug-likeness (QED) is 0.646. The summed E-state index contributed by atoms with van der Waals surface area (Å²) in [6.07, 6.45) is 5.76. The monoisotopic (exact) mass is 277 g/mol. The normalized spacial score (nSPS) is 27.5. The number of fused-ring (bicyclic) bond motifs is 2. The van der Waals surface area contributed by atoms with Crippen molar-refractivity contribution in [2.75, 3.05) is 5.32 Å². The Hall–Kier alpha value is -2.18. The van der Waals surface area contributed by atoms with Crippen molar-refractivity contribution in [2.45, 2.75) is 31.7 Å². The molecule has 0 saturated heterocycles. The molecule has 1 aromatic heterocycles. The van der Waals surface area contributed by atoms with Crippen molar-refractivity contribution in [3.05, 3.63) is 27.9 Å². The van der Waals surface area contributed by atoms with E-state index in [2.05, 4.69) is 10.3 Å². The van der Waals surface area contributed by atoms with Crippen molar-refractivity contribution in [3.63, 3.8) is 0 Å². The predicted molar refractivity (Wildman–Crippen MR) is 70.7 cm³/mol. The molecular formula is C13H15N3O4. The van der Waals surface area contributed by atoms with Crippen LogP contribution in [-0.4, -0.2) is 27.0 Å². The summed E-state index contributed by atoms with van der Waals surface area (Å²) in [5.41, 5.74) is -0.442. The van der Waals surface area contributed by atoms with Gasteiger partial charge in [-0.3, -0.25) is 10.1 Å². The van der Waals surface area contributed by atoms with Gasteiger partial charge in [-0.25, -0.2) is 9.78 Å². The van der Waals surface area contributed by atoms with Crippen molar-refractivity contribution in [1.82, 2.24) is 4.98 Å². The molecule has 0 aliphatic heterocycles. The van der Waals surface area contributed by atoms with Crippen molar-refractivity contribution in [3.8, 4) is 0 Å². The van der Waals surface area contributed by atoms with Crippen LogP contribution in [0, 0.1) is 22.0 Å². The number of nitro groups is 1. The van der Waals surface area contributed by atoms with E-state index in [0.717, 1.165) is 31.0 Å². The summed E-state index contributed by atoms with van der Waals surface area (Å²) in [4.78, 5) is 25.3. The maximum absolute atomic E-state index is 11.1. The second kappa shape index (κ2) is 4.73. The smallest absolute Gasteiger partial charge is 0.337 e. The van der Waals surface area contributed by atoms with Crippen LogP contribution in [0.2, 0.25) is 0 Å². The van der Waals surface area contributed by atoms with Crippen LogP contribution in [0.4, 0.5) is 11.5 Å². The minimum absolute atomic E-state index is 0.171. The molecule has 0 radical (unpaired) electrons. The number of nitrogens with one attached hydrogen (secondary N) is 1. The molecule has 0 amide bonds. The van der Waals surface area contributed by atoms with Gasteiger partial charge in [0.2, 0.25) is 5.82 Å². The van der Waals surface area contributed by atoms with E-state index in [4.69, 9.17) is 5.11 Å². The van der Waals surface area contributed by atoms with Gasteiger partial charge in [-0.1, -0.05) is 6.42 Å². The van der Waals surface area contributed by atoms with Crippen LogP contribution < -0.4 is 5.32 Å². The second-order valence-corrected chi connectivity index (χ2v) is 5.58. The zero-order chi connectivity index (χ0) is 14.3. The van der Waals surface area contributed by atoms with Crippen molar-refractivity contribution < 1.29 is 14.8 Å². The standard InChI is InChI=1S/C13H15N3O4/c17-13(18)9-5-11(16(19)20)12(14-6-9)15-10-4-7-1-2-8(10)3-7/h5-8,10H,1-4H2,(H,14,15)(H,17,18). The molecule has 106 valence electrons. The maximum atomic E-state index is 11.1. The van der Waals surface area contributed by atoms with Crippen LogP contribution in [0.25, 0.3) is 0 Å². The number of aromatic carboxylic acids is 1. The molecule has 2 fully saturated rings. The Labute approximate surface area is 115 Å². The third-order valence-corrected chi connectivity index (χ3v) is 4.37. The summed E-state index contributed by atoms with van der Waals surface area (Å²) in [6, 6.07) is 1.28. The number of nitrogens with zero attached hydrogens (tertiary/aromatic N) is 2. The first-order chi connectivity index (χ1) is 9.54. The molecule has 2 N–H and O–H groups in total. The minimum Gasteiger partial charge on any atom is -0.478 e. The zero-order valence-electron chi connectivity index (χ0n) is 10.8. The third-order valence-electron chi connectivity index (χ3n) is 4.37. The molecule has 3 rings (SSSR count). The van der Waals surface area contributed by atoms with Gasteiger partial charge in [-0.15, -0.1) is 0 Å². The highest BCUT2D eigenvalue weighted by Crippen LogP contribution is 2.45. The molecule has 3 atom stereocenters. The molecule has 2 saturated carbocycles. The lowest BCUT2D eigenvalue weighted by Gasteiger charge is -2.23. The van der Waals surface area contributed by atoms with E-state index in [9.17, 15) is 14.9 Å². The number of carboxylic acid groups (broad SMARTS) is 1. The van der Waals surface area contributed by atoms with E-state index >= 15 is 0 Å². The average molecular weight is 277 g/mol. The molecule has 20 heavy (non-hydrogen) atoms. The van der Waals surface area contributed by atoms with Gasteiger partial charge >= 0.3 is 11.7 Å². The van der Waals surface area contributed by atoms with Crippen LogP contribution >= 0.6 is 0 Å². The molecule has 2 aliphatic carbocycles. The maximum Gasteiger partial charge on any atom is 0.337 e. The van der Waals surface area contributed by atoms with Crippen LogP contribution in [0.1, 0.15) is 36.0 Å². The number of hydrogen-bond acceptors (Lipinski definition) is 5. The molecule has 7 nitrogen and oxygen atoms in total. The fourth-order valence-electron chi connectivity index (χ4n) is 3.42. The third kappa shape index (κ3) is 2.19. The summed E-state index contributed by atoms with van der Waals surface area (Å²) < 4.78 is 0. The molecule has 7 heteroatoms. The molecule has 0 aromatic carbocycles. The molecule has 0 spiro atoms. The number of carbonyl (C=O) groups is 1. The molecule has 2 bridgehead atoms. The van der Waals surface area contributed by atoms with Crippen LogP contribution in [-0.2, 0) is 0 Å². The van der Waals surface area contributed by atoms with Crippen molar-refractivity contribution in [2.24, 2.45) is 11.8 Å². The molecule has 1 heterocycles. The second-order valence-electron chi connectivity index (χ2n) is 5.58. The Morgan fingerprint density at radius 3 is 2.80 bits per heavy atom. The van der Waals surface area contributed by atoms with Gasteiger partial charge in [0.25, 0.3) is 0 Å². The first-order valence-electron chi connectivity index (χ1n) is 6.69. The van der Waals surface area contributed by atoms with Crippen LogP contribution in [0.5, 0.6) is 0 Å². The Bertz CT molecular complexity index is 575. The summed E-state index contributed by atoms with van der Waals surface area (Å²) in [5.74, 6) is 0.236. The van der Waals surface area contributed by atoms with Gasteiger partial charge in [0.1, 0.15) is 0 Å². The highest BCUT2D eigenvalue weighted by molar-refractivity contribution is 5.88. The number of aromatic nitrogens is 1. The Balaban J connectivity index is 1.85. The van der Waals surface area contributed by atoms with Gasteiger partial charge in [0, 0.05) is 18.3 Å². The zero-order valence-corrected chi connectivity index (χ0v) is 10.8. The van der Waals surface area contributed by atoms with Gasteiger partial charge in [-0.2, -0.15) is 0 Å². The lowest BCUT2D eigenvalue weighted by molar-refractivity contribution is -0.384.